The molecule has 0 atom stereocenters. The zero-order valence-electron chi connectivity index (χ0n) is 10.1. The molecule has 1 N–H and O–H groups in total. The van der Waals surface area contributed by atoms with E-state index in [4.69, 9.17) is 0 Å². The van der Waals surface area contributed by atoms with Crippen LogP contribution in [0.5, 0.6) is 0 Å². The summed E-state index contributed by atoms with van der Waals surface area (Å²) >= 11 is 0. The van der Waals surface area contributed by atoms with Crippen LogP contribution < -0.4 is 0 Å². The van der Waals surface area contributed by atoms with Crippen molar-refractivity contribution in [1.29, 1.82) is 0 Å². The van der Waals surface area contributed by atoms with Crippen molar-refractivity contribution < 1.29 is 0 Å². The number of rotatable bonds is 6. The minimum Gasteiger partial charge on any atom is -0.345 e. The van der Waals surface area contributed by atoms with Crippen molar-refractivity contribution in [2.24, 2.45) is 0 Å². The SMILES string of the molecule is C=Cc1nc(C(C)(CCC)CCC)c[nH]1. The molecule has 0 aliphatic heterocycles. The average Bonchev–Trinajstić information content (AvgIpc) is 2.67. The molecule has 0 radical (unpaired) electrons. The lowest BCUT2D eigenvalue weighted by Crippen LogP contribution is -2.22. The molecule has 0 aromatic carbocycles. The van der Waals surface area contributed by atoms with Gasteiger partial charge in [0, 0.05) is 11.6 Å². The number of nitrogens with one attached hydrogen (secondary N) is 1. The molecule has 0 aliphatic carbocycles. The van der Waals surface area contributed by atoms with E-state index >= 15 is 0 Å². The van der Waals surface area contributed by atoms with Crippen molar-refractivity contribution >= 4 is 6.08 Å². The van der Waals surface area contributed by atoms with Gasteiger partial charge in [-0.2, -0.15) is 0 Å². The first-order chi connectivity index (χ1) is 7.16. The molecule has 1 aromatic heterocycles. The minimum atomic E-state index is 0.223. The van der Waals surface area contributed by atoms with E-state index < -0.39 is 0 Å². The first kappa shape index (κ1) is 12.0. The van der Waals surface area contributed by atoms with Crippen LogP contribution in [0.25, 0.3) is 6.08 Å². The maximum Gasteiger partial charge on any atom is 0.129 e. The lowest BCUT2D eigenvalue weighted by molar-refractivity contribution is 0.383. The first-order valence-corrected chi connectivity index (χ1v) is 5.84. The van der Waals surface area contributed by atoms with Crippen LogP contribution in [0.4, 0.5) is 0 Å². The van der Waals surface area contributed by atoms with Crippen LogP contribution in [0.1, 0.15) is 58.0 Å². The summed E-state index contributed by atoms with van der Waals surface area (Å²) in [6.45, 7) is 10.5. The third-order valence-corrected chi connectivity index (χ3v) is 3.01. The van der Waals surface area contributed by atoms with E-state index in [9.17, 15) is 0 Å². The van der Waals surface area contributed by atoms with Crippen LogP contribution in [-0.2, 0) is 5.41 Å². The second-order valence-corrected chi connectivity index (χ2v) is 4.44. The molecular weight excluding hydrogens is 184 g/mol. The van der Waals surface area contributed by atoms with E-state index in [2.05, 4.69) is 37.3 Å². The fourth-order valence-electron chi connectivity index (χ4n) is 2.24. The van der Waals surface area contributed by atoms with Crippen molar-refractivity contribution in [3.63, 3.8) is 0 Å². The maximum absolute atomic E-state index is 4.56. The van der Waals surface area contributed by atoms with Gasteiger partial charge in [-0.05, 0) is 18.9 Å². The minimum absolute atomic E-state index is 0.223. The second-order valence-electron chi connectivity index (χ2n) is 4.44. The summed E-state index contributed by atoms with van der Waals surface area (Å²) in [7, 11) is 0. The molecule has 0 unspecified atom stereocenters. The van der Waals surface area contributed by atoms with Gasteiger partial charge in [0.2, 0.25) is 0 Å². The molecule has 0 spiro atoms. The summed E-state index contributed by atoms with van der Waals surface area (Å²) in [4.78, 5) is 7.71. The Balaban J connectivity index is 2.91. The van der Waals surface area contributed by atoms with Crippen molar-refractivity contribution in [3.8, 4) is 0 Å². The van der Waals surface area contributed by atoms with Crippen molar-refractivity contribution in [1.82, 2.24) is 9.97 Å². The molecule has 1 heterocycles. The van der Waals surface area contributed by atoms with Crippen LogP contribution in [0, 0.1) is 0 Å². The molecule has 15 heavy (non-hydrogen) atoms. The predicted octanol–water partition coefficient (Wildman–Crippen LogP) is 3.91. The van der Waals surface area contributed by atoms with Gasteiger partial charge >= 0.3 is 0 Å². The van der Waals surface area contributed by atoms with Crippen molar-refractivity contribution in [3.05, 3.63) is 24.3 Å². The quantitative estimate of drug-likeness (QED) is 0.751. The fourth-order valence-corrected chi connectivity index (χ4v) is 2.24. The molecule has 0 aliphatic rings. The van der Waals surface area contributed by atoms with Gasteiger partial charge in [-0.3, -0.25) is 0 Å². The second kappa shape index (κ2) is 5.15. The summed E-state index contributed by atoms with van der Waals surface area (Å²) in [5.41, 5.74) is 1.41. The van der Waals surface area contributed by atoms with Crippen molar-refractivity contribution in [2.45, 2.75) is 51.9 Å². The van der Waals surface area contributed by atoms with E-state index in [-0.39, 0.29) is 5.41 Å². The van der Waals surface area contributed by atoms with E-state index in [1.165, 1.54) is 31.4 Å². The first-order valence-electron chi connectivity index (χ1n) is 5.84. The molecule has 1 rings (SSSR count). The van der Waals surface area contributed by atoms with Gasteiger partial charge in [-0.1, -0.05) is 40.2 Å². The van der Waals surface area contributed by atoms with Crippen LogP contribution in [-0.4, -0.2) is 9.97 Å². The summed E-state index contributed by atoms with van der Waals surface area (Å²) in [5, 5.41) is 0. The zero-order valence-corrected chi connectivity index (χ0v) is 10.1. The Bertz CT molecular complexity index is 306. The molecular formula is C13H22N2. The Morgan fingerprint density at radius 3 is 2.40 bits per heavy atom. The highest BCUT2D eigenvalue weighted by Gasteiger charge is 2.26. The highest BCUT2D eigenvalue weighted by molar-refractivity contribution is 5.37. The molecule has 2 heteroatoms. The van der Waals surface area contributed by atoms with Crippen LogP contribution in [0.2, 0.25) is 0 Å². The fraction of sp³-hybridized carbons (Fsp3) is 0.615. The Kier molecular flexibility index (Phi) is 4.13. The molecule has 2 nitrogen and oxygen atoms in total. The average molecular weight is 206 g/mol. The molecule has 0 amide bonds. The summed E-state index contributed by atoms with van der Waals surface area (Å²) in [6, 6.07) is 0. The molecule has 84 valence electrons. The summed E-state index contributed by atoms with van der Waals surface area (Å²) in [6.07, 6.45) is 8.59. The molecule has 0 saturated heterocycles. The summed E-state index contributed by atoms with van der Waals surface area (Å²) in [5.74, 6) is 0.878. The lowest BCUT2D eigenvalue weighted by Gasteiger charge is -2.26. The van der Waals surface area contributed by atoms with Gasteiger partial charge < -0.3 is 4.98 Å². The van der Waals surface area contributed by atoms with Gasteiger partial charge in [0.15, 0.2) is 0 Å². The van der Waals surface area contributed by atoms with Crippen molar-refractivity contribution in [2.75, 3.05) is 0 Å². The lowest BCUT2D eigenvalue weighted by atomic mass is 9.79. The Labute approximate surface area is 92.8 Å². The Morgan fingerprint density at radius 2 is 2.00 bits per heavy atom. The molecule has 0 bridgehead atoms. The zero-order chi connectivity index (χ0) is 11.3. The highest BCUT2D eigenvalue weighted by atomic mass is 14.9. The smallest absolute Gasteiger partial charge is 0.129 e. The maximum atomic E-state index is 4.56. The highest BCUT2D eigenvalue weighted by Crippen LogP contribution is 2.32. The number of aromatic nitrogens is 2. The topological polar surface area (TPSA) is 28.7 Å². The number of nitrogens with zero attached hydrogens (tertiary/aromatic N) is 1. The monoisotopic (exact) mass is 206 g/mol. The predicted molar refractivity (Wildman–Crippen MR) is 65.8 cm³/mol. The number of hydrogen-bond acceptors (Lipinski definition) is 1. The van der Waals surface area contributed by atoms with E-state index in [0.29, 0.717) is 0 Å². The number of aromatic amines is 1. The number of H-pyrrole nitrogens is 1. The van der Waals surface area contributed by atoms with Crippen LogP contribution in [0.3, 0.4) is 0 Å². The third-order valence-electron chi connectivity index (χ3n) is 3.01. The van der Waals surface area contributed by atoms with E-state index in [0.717, 1.165) is 5.82 Å². The molecule has 0 saturated carbocycles. The Hall–Kier alpha value is -1.05. The largest absolute Gasteiger partial charge is 0.345 e. The van der Waals surface area contributed by atoms with Crippen LogP contribution in [0.15, 0.2) is 12.8 Å². The van der Waals surface area contributed by atoms with Gasteiger partial charge in [-0.25, -0.2) is 4.98 Å². The van der Waals surface area contributed by atoms with Gasteiger partial charge in [-0.15, -0.1) is 0 Å². The standard InChI is InChI=1S/C13H22N2/c1-5-8-13(4,9-6-2)11-10-14-12(7-3)15-11/h7,10H,3,5-6,8-9H2,1-2,4H3,(H,14,15). The third kappa shape index (κ3) is 2.71. The van der Waals surface area contributed by atoms with E-state index in [1.54, 1.807) is 6.08 Å². The molecule has 0 fully saturated rings. The number of hydrogen-bond donors (Lipinski definition) is 1. The van der Waals surface area contributed by atoms with Crippen LogP contribution >= 0.6 is 0 Å². The number of imidazole rings is 1. The van der Waals surface area contributed by atoms with Gasteiger partial charge in [0.1, 0.15) is 5.82 Å². The Morgan fingerprint density at radius 1 is 1.40 bits per heavy atom. The molecule has 1 aromatic rings. The van der Waals surface area contributed by atoms with Gasteiger partial charge in [0.25, 0.3) is 0 Å². The normalized spacial score (nSPS) is 11.7. The van der Waals surface area contributed by atoms with E-state index in [1.807, 2.05) is 6.20 Å². The van der Waals surface area contributed by atoms with Gasteiger partial charge in [0.05, 0.1) is 5.69 Å². The summed E-state index contributed by atoms with van der Waals surface area (Å²) < 4.78 is 0.